The molecule has 37 heavy (non-hydrogen) atoms. The largest absolute Gasteiger partial charge is 0.378 e. The molecular weight excluding hydrogens is 533 g/mol. The molecule has 0 bridgehead atoms. The first-order chi connectivity index (χ1) is 18.0. The molecule has 0 atom stereocenters. The first kappa shape index (κ1) is 24.6. The maximum Gasteiger partial charge on any atom is 0.252 e. The van der Waals surface area contributed by atoms with Crippen LogP contribution >= 0.6 is 22.7 Å². The predicted octanol–water partition coefficient (Wildman–Crippen LogP) is 2.14. The molecule has 0 aliphatic carbocycles. The van der Waals surface area contributed by atoms with Crippen molar-refractivity contribution in [2.24, 2.45) is 0 Å². The van der Waals surface area contributed by atoms with Gasteiger partial charge in [-0.05, 0) is 17.5 Å². The zero-order chi connectivity index (χ0) is 25.4. The van der Waals surface area contributed by atoms with E-state index < -0.39 is 10.0 Å². The lowest BCUT2D eigenvalue weighted by molar-refractivity contribution is 0.122. The molecule has 11 nitrogen and oxygen atoms in total. The third kappa shape index (κ3) is 5.04. The zero-order valence-corrected chi connectivity index (χ0v) is 22.4. The maximum atomic E-state index is 12.9. The van der Waals surface area contributed by atoms with E-state index in [0.717, 1.165) is 35.7 Å². The summed E-state index contributed by atoms with van der Waals surface area (Å²) in [6.07, 6.45) is 3.28. The van der Waals surface area contributed by atoms with Gasteiger partial charge in [0.25, 0.3) is 10.0 Å². The van der Waals surface area contributed by atoms with E-state index in [4.69, 9.17) is 20.4 Å². The van der Waals surface area contributed by atoms with E-state index in [-0.39, 0.29) is 5.95 Å². The van der Waals surface area contributed by atoms with Crippen LogP contribution < -0.4 is 10.6 Å². The Morgan fingerprint density at radius 2 is 1.78 bits per heavy atom. The normalized spacial score (nSPS) is 18.0. The molecule has 14 heteroatoms. The smallest absolute Gasteiger partial charge is 0.252 e. The van der Waals surface area contributed by atoms with Gasteiger partial charge in [-0.2, -0.15) is 4.31 Å². The van der Waals surface area contributed by atoms with Gasteiger partial charge >= 0.3 is 0 Å². The van der Waals surface area contributed by atoms with Crippen molar-refractivity contribution < 1.29 is 13.2 Å². The van der Waals surface area contributed by atoms with Gasteiger partial charge in [-0.1, -0.05) is 6.07 Å². The fourth-order valence-corrected chi connectivity index (χ4v) is 8.22. The summed E-state index contributed by atoms with van der Waals surface area (Å²) in [4.78, 5) is 23.6. The van der Waals surface area contributed by atoms with Crippen LogP contribution in [0.15, 0.2) is 40.2 Å². The van der Waals surface area contributed by atoms with Gasteiger partial charge in [0.15, 0.2) is 11.6 Å². The van der Waals surface area contributed by atoms with Crippen molar-refractivity contribution in [1.82, 2.24) is 29.1 Å². The van der Waals surface area contributed by atoms with Crippen molar-refractivity contribution in [2.45, 2.75) is 10.8 Å². The van der Waals surface area contributed by atoms with E-state index in [0.29, 0.717) is 55.0 Å². The van der Waals surface area contributed by atoms with Crippen LogP contribution in [0.5, 0.6) is 0 Å². The van der Waals surface area contributed by atoms with Gasteiger partial charge in [-0.15, -0.1) is 22.7 Å². The van der Waals surface area contributed by atoms with Crippen molar-refractivity contribution in [1.29, 1.82) is 0 Å². The molecular formula is C23H26N8O3S3. The zero-order valence-electron chi connectivity index (χ0n) is 20.0. The van der Waals surface area contributed by atoms with Crippen LogP contribution in [-0.2, 0) is 21.3 Å². The number of nitrogens with zero attached hydrogens (tertiary/aromatic N) is 7. The molecule has 0 aromatic carbocycles. The summed E-state index contributed by atoms with van der Waals surface area (Å²) in [5.41, 5.74) is 7.25. The molecule has 2 saturated heterocycles. The molecule has 0 radical (unpaired) electrons. The van der Waals surface area contributed by atoms with Gasteiger partial charge in [0, 0.05) is 63.1 Å². The number of thiophene rings is 2. The highest BCUT2D eigenvalue weighted by Gasteiger charge is 2.29. The highest BCUT2D eigenvalue weighted by atomic mass is 32.2. The number of hydrogen-bond acceptors (Lipinski definition) is 12. The summed E-state index contributed by atoms with van der Waals surface area (Å²) >= 11 is 2.95. The van der Waals surface area contributed by atoms with E-state index in [1.807, 2.05) is 0 Å². The number of nitrogen functional groups attached to an aromatic ring is 1. The Morgan fingerprint density at radius 1 is 1.03 bits per heavy atom. The minimum atomic E-state index is -3.41. The first-order valence-corrected chi connectivity index (χ1v) is 15.1. The Kier molecular flexibility index (Phi) is 6.77. The molecule has 4 aromatic rings. The molecule has 2 fully saturated rings. The molecule has 4 aromatic heterocycles. The van der Waals surface area contributed by atoms with Crippen LogP contribution in [0, 0.1) is 0 Å². The predicted molar refractivity (Wildman–Crippen MR) is 144 cm³/mol. The van der Waals surface area contributed by atoms with E-state index in [9.17, 15) is 8.42 Å². The molecule has 0 saturated carbocycles. The average Bonchev–Trinajstić information content (AvgIpc) is 3.60. The quantitative estimate of drug-likeness (QED) is 0.375. The Morgan fingerprint density at radius 3 is 2.49 bits per heavy atom. The Bertz CT molecular complexity index is 1480. The van der Waals surface area contributed by atoms with Gasteiger partial charge in [0.05, 0.1) is 29.0 Å². The van der Waals surface area contributed by atoms with Gasteiger partial charge in [0.1, 0.15) is 4.21 Å². The third-order valence-electron chi connectivity index (χ3n) is 6.45. The molecule has 6 rings (SSSR count). The number of rotatable bonds is 6. The Hall–Kier alpha value is -2.75. The Labute approximate surface area is 222 Å². The molecule has 6 heterocycles. The fraction of sp³-hybridized carbons (Fsp3) is 0.391. The second-order valence-electron chi connectivity index (χ2n) is 8.84. The summed E-state index contributed by atoms with van der Waals surface area (Å²) in [7, 11) is -3.41. The summed E-state index contributed by atoms with van der Waals surface area (Å²) in [6, 6.07) is 5.55. The molecule has 0 spiro atoms. The highest BCUT2D eigenvalue weighted by Crippen LogP contribution is 2.35. The monoisotopic (exact) mass is 558 g/mol. The Balaban J connectivity index is 1.24. The van der Waals surface area contributed by atoms with Crippen LogP contribution in [0.2, 0.25) is 0 Å². The standard InChI is InChI=1S/C23H26N8O3S3/c24-23-25-13-16(14-26-23)21-27-18-12-17(36-20(18)22(28-21)30-7-9-34-10-8-30)15-29-3-5-31(6-4-29)37(32,33)19-2-1-11-35-19/h1-2,11-14H,3-10,15H2,(H2,24,25,26). The van der Waals surface area contributed by atoms with Crippen LogP contribution in [0.4, 0.5) is 11.8 Å². The first-order valence-electron chi connectivity index (χ1n) is 11.9. The van der Waals surface area contributed by atoms with E-state index >= 15 is 0 Å². The number of morpholine rings is 1. The maximum absolute atomic E-state index is 12.9. The second-order valence-corrected chi connectivity index (χ2v) is 13.1. The molecule has 194 valence electrons. The van der Waals surface area contributed by atoms with Gasteiger partial charge in [-0.25, -0.2) is 28.4 Å². The van der Waals surface area contributed by atoms with Crippen LogP contribution in [0.25, 0.3) is 21.6 Å². The highest BCUT2D eigenvalue weighted by molar-refractivity contribution is 7.91. The summed E-state index contributed by atoms with van der Waals surface area (Å²) < 4.78 is 34.3. The second kappa shape index (κ2) is 10.2. The fourth-order valence-electron chi connectivity index (χ4n) is 4.50. The van der Waals surface area contributed by atoms with E-state index in [1.165, 1.54) is 16.2 Å². The number of hydrogen-bond donors (Lipinski definition) is 1. The van der Waals surface area contributed by atoms with Crippen LogP contribution in [0.3, 0.4) is 0 Å². The number of fused-ring (bicyclic) bond motifs is 1. The van der Waals surface area contributed by atoms with E-state index in [2.05, 4.69) is 25.8 Å². The van der Waals surface area contributed by atoms with Gasteiger partial charge in [0.2, 0.25) is 5.95 Å². The SMILES string of the molecule is Nc1ncc(-c2nc(N3CCOCC3)c3sc(CN4CCN(S(=O)(=O)c5cccs5)CC4)cc3n2)cn1. The molecule has 0 amide bonds. The van der Waals surface area contributed by atoms with Crippen molar-refractivity contribution in [3.8, 4) is 11.4 Å². The summed E-state index contributed by atoms with van der Waals surface area (Å²) in [6.45, 7) is 5.87. The van der Waals surface area contributed by atoms with Crippen LogP contribution in [0.1, 0.15) is 4.88 Å². The number of ether oxygens (including phenoxy) is 1. The topological polar surface area (TPSA) is 131 Å². The third-order valence-corrected chi connectivity index (χ3v) is 10.8. The number of sulfonamides is 1. The van der Waals surface area contributed by atoms with Crippen molar-refractivity contribution in [2.75, 3.05) is 63.1 Å². The number of aromatic nitrogens is 4. The lowest BCUT2D eigenvalue weighted by Gasteiger charge is -2.33. The molecule has 2 aliphatic heterocycles. The minimum Gasteiger partial charge on any atom is -0.378 e. The summed E-state index contributed by atoms with van der Waals surface area (Å²) in [5.74, 6) is 1.66. The number of anilines is 2. The summed E-state index contributed by atoms with van der Waals surface area (Å²) in [5, 5.41) is 1.80. The number of piperazine rings is 1. The van der Waals surface area contributed by atoms with Crippen molar-refractivity contribution >= 4 is 54.7 Å². The van der Waals surface area contributed by atoms with Gasteiger partial charge < -0.3 is 15.4 Å². The lowest BCUT2D eigenvalue weighted by Crippen LogP contribution is -2.47. The minimum absolute atomic E-state index is 0.208. The number of nitrogens with two attached hydrogens (primary N) is 1. The van der Waals surface area contributed by atoms with Crippen molar-refractivity contribution in [3.05, 3.63) is 40.8 Å². The van der Waals surface area contributed by atoms with Crippen molar-refractivity contribution in [3.63, 3.8) is 0 Å². The average molecular weight is 559 g/mol. The lowest BCUT2D eigenvalue weighted by atomic mass is 10.3. The molecule has 0 unspecified atom stereocenters. The van der Waals surface area contributed by atoms with E-state index in [1.54, 1.807) is 45.5 Å². The molecule has 2 N–H and O–H groups in total. The molecule has 2 aliphatic rings. The van der Waals surface area contributed by atoms with Gasteiger partial charge in [-0.3, -0.25) is 4.90 Å². The van der Waals surface area contributed by atoms with Crippen LogP contribution in [-0.4, -0.2) is 90.0 Å².